The van der Waals surface area contributed by atoms with Crippen LogP contribution in [0, 0.1) is 12.8 Å². The molecule has 4 heteroatoms. The highest BCUT2D eigenvalue weighted by atomic mass is 16.5. The zero-order valence-corrected chi connectivity index (χ0v) is 11.2. The molecule has 1 fully saturated rings. The monoisotopic (exact) mass is 250 g/mol. The summed E-state index contributed by atoms with van der Waals surface area (Å²) in [7, 11) is 1.73. The van der Waals surface area contributed by atoms with E-state index in [1.807, 2.05) is 6.92 Å². The van der Waals surface area contributed by atoms with Crippen molar-refractivity contribution in [3.8, 4) is 0 Å². The molecule has 1 heterocycles. The van der Waals surface area contributed by atoms with E-state index < -0.39 is 0 Å². The molecule has 0 radical (unpaired) electrons. The van der Waals surface area contributed by atoms with Crippen LogP contribution in [0.4, 0.5) is 0 Å². The summed E-state index contributed by atoms with van der Waals surface area (Å²) in [6, 6.07) is 0. The Kier molecular flexibility index (Phi) is 4.66. The molecule has 0 amide bonds. The van der Waals surface area contributed by atoms with Crippen molar-refractivity contribution < 1.29 is 9.84 Å². The lowest BCUT2D eigenvalue weighted by Crippen LogP contribution is -2.20. The molecule has 1 aliphatic rings. The predicted molar refractivity (Wildman–Crippen MR) is 69.0 cm³/mol. The fraction of sp³-hybridized carbons (Fsp3) is 0.714. The van der Waals surface area contributed by atoms with Gasteiger partial charge in [-0.1, -0.05) is 19.3 Å². The third kappa shape index (κ3) is 2.87. The highest BCUT2D eigenvalue weighted by Crippen LogP contribution is 2.35. The first-order valence-corrected chi connectivity index (χ1v) is 6.72. The molecule has 0 spiro atoms. The molecule has 1 atom stereocenters. The first kappa shape index (κ1) is 13.4. The molecule has 0 bridgehead atoms. The van der Waals surface area contributed by atoms with Gasteiger partial charge < -0.3 is 9.84 Å². The fourth-order valence-electron chi connectivity index (χ4n) is 2.75. The number of rotatable bonds is 4. The van der Waals surface area contributed by atoms with Crippen LogP contribution in [0.5, 0.6) is 0 Å². The number of aliphatic hydroxyl groups is 1. The Hall–Kier alpha value is -1.00. The summed E-state index contributed by atoms with van der Waals surface area (Å²) in [6.45, 7) is 1.90. The largest absolute Gasteiger partial charge is 0.392 e. The molecule has 1 saturated carbocycles. The van der Waals surface area contributed by atoms with Gasteiger partial charge in [-0.15, -0.1) is 0 Å². The van der Waals surface area contributed by atoms with Gasteiger partial charge in [0.05, 0.1) is 6.61 Å². The molecule has 0 saturated heterocycles. The predicted octanol–water partition coefficient (Wildman–Crippen LogP) is 2.55. The topological polar surface area (TPSA) is 55.2 Å². The van der Waals surface area contributed by atoms with Gasteiger partial charge in [-0.25, -0.2) is 9.97 Å². The second kappa shape index (κ2) is 6.25. The lowest BCUT2D eigenvalue weighted by atomic mass is 9.85. The molecule has 18 heavy (non-hydrogen) atoms. The van der Waals surface area contributed by atoms with Gasteiger partial charge >= 0.3 is 0 Å². The van der Waals surface area contributed by atoms with Crippen molar-refractivity contribution in [3.63, 3.8) is 0 Å². The van der Waals surface area contributed by atoms with Crippen molar-refractivity contribution in [3.05, 3.63) is 23.3 Å². The van der Waals surface area contributed by atoms with E-state index >= 15 is 0 Å². The maximum atomic E-state index is 9.14. The van der Waals surface area contributed by atoms with Crippen LogP contribution in [-0.4, -0.2) is 22.2 Å². The van der Waals surface area contributed by atoms with E-state index in [4.69, 9.17) is 9.84 Å². The van der Waals surface area contributed by atoms with Gasteiger partial charge in [0.2, 0.25) is 0 Å². The lowest BCUT2D eigenvalue weighted by Gasteiger charge is -2.28. The first-order chi connectivity index (χ1) is 8.76. The fourth-order valence-corrected chi connectivity index (χ4v) is 2.75. The van der Waals surface area contributed by atoms with Crippen LogP contribution in [0.3, 0.4) is 0 Å². The van der Waals surface area contributed by atoms with E-state index in [2.05, 4.69) is 9.97 Å². The third-order valence-electron chi connectivity index (χ3n) is 3.86. The summed E-state index contributed by atoms with van der Waals surface area (Å²) in [5.41, 5.74) is 1.64. The third-order valence-corrected chi connectivity index (χ3v) is 3.86. The van der Waals surface area contributed by atoms with Crippen molar-refractivity contribution in [2.24, 2.45) is 5.92 Å². The van der Waals surface area contributed by atoms with Gasteiger partial charge in [-0.05, 0) is 25.7 Å². The molecule has 100 valence electrons. The summed E-state index contributed by atoms with van der Waals surface area (Å²) in [5.74, 6) is 1.29. The second-order valence-corrected chi connectivity index (χ2v) is 5.05. The summed E-state index contributed by atoms with van der Waals surface area (Å²) in [4.78, 5) is 8.85. The molecule has 1 aliphatic carbocycles. The summed E-state index contributed by atoms with van der Waals surface area (Å²) >= 11 is 0. The van der Waals surface area contributed by atoms with Gasteiger partial charge in [0.15, 0.2) is 5.82 Å². The summed E-state index contributed by atoms with van der Waals surface area (Å²) in [5, 5.41) is 9.14. The number of methoxy groups -OCH3 is 1. The molecule has 1 unspecified atom stereocenters. The van der Waals surface area contributed by atoms with Gasteiger partial charge in [-0.2, -0.15) is 0 Å². The Morgan fingerprint density at radius 2 is 2.11 bits per heavy atom. The zero-order chi connectivity index (χ0) is 13.0. The Morgan fingerprint density at radius 1 is 1.39 bits per heavy atom. The summed E-state index contributed by atoms with van der Waals surface area (Å²) in [6.07, 6.45) is 7.99. The number of aliphatic hydroxyl groups excluding tert-OH is 1. The molecular formula is C14H22N2O2. The van der Waals surface area contributed by atoms with Crippen molar-refractivity contribution in [2.75, 3.05) is 7.11 Å². The van der Waals surface area contributed by atoms with Gasteiger partial charge in [0.25, 0.3) is 0 Å². The molecule has 1 aromatic rings. The van der Waals surface area contributed by atoms with E-state index in [0.717, 1.165) is 17.1 Å². The average molecular weight is 250 g/mol. The zero-order valence-electron chi connectivity index (χ0n) is 11.2. The van der Waals surface area contributed by atoms with Crippen LogP contribution in [-0.2, 0) is 11.3 Å². The minimum Gasteiger partial charge on any atom is -0.392 e. The van der Waals surface area contributed by atoms with Crippen molar-refractivity contribution >= 4 is 0 Å². The van der Waals surface area contributed by atoms with E-state index in [1.165, 1.54) is 32.1 Å². The number of aromatic nitrogens is 2. The number of aryl methyl sites for hydroxylation is 1. The van der Waals surface area contributed by atoms with Crippen LogP contribution in [0.25, 0.3) is 0 Å². The molecular weight excluding hydrogens is 228 g/mol. The Morgan fingerprint density at radius 3 is 2.67 bits per heavy atom. The maximum Gasteiger partial charge on any atom is 0.157 e. The second-order valence-electron chi connectivity index (χ2n) is 5.05. The smallest absolute Gasteiger partial charge is 0.157 e. The van der Waals surface area contributed by atoms with Crippen molar-refractivity contribution in [1.82, 2.24) is 9.97 Å². The molecule has 2 rings (SSSR count). The average Bonchev–Trinajstić information content (AvgIpc) is 2.41. The molecule has 0 aromatic carbocycles. The van der Waals surface area contributed by atoms with E-state index in [-0.39, 0.29) is 12.7 Å². The number of hydrogen-bond acceptors (Lipinski definition) is 4. The van der Waals surface area contributed by atoms with Gasteiger partial charge in [-0.3, -0.25) is 0 Å². The maximum absolute atomic E-state index is 9.14. The number of ether oxygens (including phenoxy) is 1. The lowest BCUT2D eigenvalue weighted by molar-refractivity contribution is 0.0287. The quantitative estimate of drug-likeness (QED) is 0.892. The van der Waals surface area contributed by atoms with Crippen molar-refractivity contribution in [1.29, 1.82) is 0 Å². The normalized spacial score (nSPS) is 18.8. The van der Waals surface area contributed by atoms with Crippen LogP contribution in [0.15, 0.2) is 6.20 Å². The number of hydrogen-bond donors (Lipinski definition) is 1. The van der Waals surface area contributed by atoms with Crippen LogP contribution in [0.1, 0.15) is 55.3 Å². The van der Waals surface area contributed by atoms with Crippen molar-refractivity contribution in [2.45, 2.75) is 51.7 Å². The Bertz CT molecular complexity index is 389. The Labute approximate surface area is 108 Å². The van der Waals surface area contributed by atoms with E-state index in [1.54, 1.807) is 13.3 Å². The number of nitrogens with zero attached hydrogens (tertiary/aromatic N) is 2. The highest BCUT2D eigenvalue weighted by Gasteiger charge is 2.27. The molecule has 1 aromatic heterocycles. The van der Waals surface area contributed by atoms with Crippen LogP contribution in [0.2, 0.25) is 0 Å². The molecule has 1 N–H and O–H groups in total. The highest BCUT2D eigenvalue weighted by molar-refractivity contribution is 5.16. The first-order valence-electron chi connectivity index (χ1n) is 6.72. The van der Waals surface area contributed by atoms with E-state index in [9.17, 15) is 0 Å². The Balaban J connectivity index is 2.18. The minimum absolute atomic E-state index is 0.00302. The van der Waals surface area contributed by atoms with Gasteiger partial charge in [0, 0.05) is 24.6 Å². The van der Waals surface area contributed by atoms with E-state index in [0.29, 0.717) is 5.92 Å². The van der Waals surface area contributed by atoms with Crippen LogP contribution < -0.4 is 0 Å². The standard InChI is InChI=1S/C14H22N2O2/c1-10-12(9-17)8-15-14(16-10)13(18-2)11-6-4-3-5-7-11/h8,11,13,17H,3-7,9H2,1-2H3. The van der Waals surface area contributed by atoms with Crippen LogP contribution >= 0.6 is 0 Å². The summed E-state index contributed by atoms with van der Waals surface area (Å²) < 4.78 is 5.62. The van der Waals surface area contributed by atoms with Gasteiger partial charge in [0.1, 0.15) is 6.10 Å². The SMILES string of the molecule is COC(c1ncc(CO)c(C)n1)C1CCCCC1. The molecule has 4 nitrogen and oxygen atoms in total. The minimum atomic E-state index is -0.00676. The molecule has 0 aliphatic heterocycles.